The summed E-state index contributed by atoms with van der Waals surface area (Å²) in [6.45, 7) is 1.73. The monoisotopic (exact) mass is 364 g/mol. The molecule has 0 atom stereocenters. The van der Waals surface area contributed by atoms with Gasteiger partial charge in [-0.25, -0.2) is 4.79 Å². The largest absolute Gasteiger partial charge is 0.493 e. The minimum absolute atomic E-state index is 0.0504. The van der Waals surface area contributed by atoms with Crippen LogP contribution in [0.1, 0.15) is 22.3 Å². The van der Waals surface area contributed by atoms with Gasteiger partial charge < -0.3 is 20.1 Å². The molecule has 0 aliphatic rings. The topological polar surface area (TPSA) is 59.6 Å². The minimum atomic E-state index is -2.93. The average Bonchev–Trinajstić information content (AvgIpc) is 2.59. The van der Waals surface area contributed by atoms with Crippen LogP contribution in [0.5, 0.6) is 11.5 Å². The second-order valence-corrected chi connectivity index (χ2v) is 5.83. The lowest BCUT2D eigenvalue weighted by molar-refractivity contribution is -0.0512. The summed E-state index contributed by atoms with van der Waals surface area (Å²) in [6.07, 6.45) is 0. The fourth-order valence-electron chi connectivity index (χ4n) is 2.48. The molecule has 0 fully saturated rings. The van der Waals surface area contributed by atoms with Crippen molar-refractivity contribution in [3.8, 4) is 11.5 Å². The Morgan fingerprint density at radius 2 is 1.77 bits per heavy atom. The highest BCUT2D eigenvalue weighted by Gasteiger charge is 2.11. The quantitative estimate of drug-likeness (QED) is 0.783. The molecule has 140 valence electrons. The molecule has 2 rings (SSSR count). The Hall–Kier alpha value is -2.83. The normalized spacial score (nSPS) is 10.5. The third kappa shape index (κ3) is 5.61. The maximum Gasteiger partial charge on any atom is 0.387 e. The van der Waals surface area contributed by atoms with Crippen LogP contribution in [-0.2, 0) is 13.1 Å². The van der Waals surface area contributed by atoms with E-state index in [0.29, 0.717) is 12.1 Å². The fourth-order valence-corrected chi connectivity index (χ4v) is 2.48. The SMILES string of the molecule is COc1cc(CNC(=O)NCc2ccc(C)cc2C)ccc1OC(F)F. The van der Waals surface area contributed by atoms with Crippen LogP contribution < -0.4 is 20.1 Å². The Bertz CT molecular complexity index is 766. The predicted molar refractivity (Wildman–Crippen MR) is 94.6 cm³/mol. The van der Waals surface area contributed by atoms with Gasteiger partial charge in [0.15, 0.2) is 11.5 Å². The first-order valence-electron chi connectivity index (χ1n) is 8.08. The Labute approximate surface area is 151 Å². The number of halogens is 2. The highest BCUT2D eigenvalue weighted by Crippen LogP contribution is 2.29. The lowest BCUT2D eigenvalue weighted by Gasteiger charge is -2.13. The lowest BCUT2D eigenvalue weighted by atomic mass is 10.1. The van der Waals surface area contributed by atoms with Crippen molar-refractivity contribution in [2.75, 3.05) is 7.11 Å². The first-order valence-corrected chi connectivity index (χ1v) is 8.08. The van der Waals surface area contributed by atoms with Gasteiger partial charge >= 0.3 is 12.6 Å². The molecule has 2 aromatic carbocycles. The molecule has 7 heteroatoms. The molecule has 0 bridgehead atoms. The predicted octanol–water partition coefficient (Wildman–Crippen LogP) is 3.91. The Morgan fingerprint density at radius 1 is 1.04 bits per heavy atom. The van der Waals surface area contributed by atoms with E-state index in [2.05, 4.69) is 21.4 Å². The molecule has 2 aromatic rings. The van der Waals surface area contributed by atoms with E-state index >= 15 is 0 Å². The number of amides is 2. The zero-order valence-corrected chi connectivity index (χ0v) is 14.9. The van der Waals surface area contributed by atoms with Crippen molar-refractivity contribution >= 4 is 6.03 Å². The van der Waals surface area contributed by atoms with Crippen molar-refractivity contribution < 1.29 is 23.0 Å². The van der Waals surface area contributed by atoms with Crippen LogP contribution in [0.15, 0.2) is 36.4 Å². The summed E-state index contributed by atoms with van der Waals surface area (Å²) in [5, 5.41) is 5.51. The smallest absolute Gasteiger partial charge is 0.387 e. The van der Waals surface area contributed by atoms with Gasteiger partial charge in [-0.05, 0) is 42.7 Å². The number of urea groups is 1. The molecule has 0 heterocycles. The number of rotatable bonds is 7. The number of aryl methyl sites for hydroxylation is 2. The van der Waals surface area contributed by atoms with Gasteiger partial charge in [0.05, 0.1) is 7.11 Å². The highest BCUT2D eigenvalue weighted by molar-refractivity contribution is 5.73. The highest BCUT2D eigenvalue weighted by atomic mass is 19.3. The summed E-state index contributed by atoms with van der Waals surface area (Å²) in [6, 6.07) is 10.2. The zero-order valence-electron chi connectivity index (χ0n) is 14.9. The number of nitrogens with one attached hydrogen (secondary N) is 2. The van der Waals surface area contributed by atoms with Crippen LogP contribution in [0.3, 0.4) is 0 Å². The second kappa shape index (κ2) is 9.03. The van der Waals surface area contributed by atoms with E-state index in [4.69, 9.17) is 4.74 Å². The number of carbonyl (C=O) groups excluding carboxylic acids is 1. The Morgan fingerprint density at radius 3 is 2.42 bits per heavy atom. The first kappa shape index (κ1) is 19.5. The van der Waals surface area contributed by atoms with E-state index in [-0.39, 0.29) is 24.1 Å². The molecule has 0 saturated carbocycles. The molecule has 0 aliphatic carbocycles. The van der Waals surface area contributed by atoms with E-state index in [9.17, 15) is 13.6 Å². The molecule has 0 aromatic heterocycles. The molecular formula is C19H22F2N2O3. The number of carbonyl (C=O) groups is 1. The van der Waals surface area contributed by atoms with Gasteiger partial charge in [0.2, 0.25) is 0 Å². The molecular weight excluding hydrogens is 342 g/mol. The van der Waals surface area contributed by atoms with Gasteiger partial charge in [0, 0.05) is 13.1 Å². The second-order valence-electron chi connectivity index (χ2n) is 5.83. The van der Waals surface area contributed by atoms with E-state index < -0.39 is 6.61 Å². The number of hydrogen-bond donors (Lipinski definition) is 2. The molecule has 0 spiro atoms. The Balaban J connectivity index is 1.88. The number of ether oxygens (including phenoxy) is 2. The molecule has 26 heavy (non-hydrogen) atoms. The van der Waals surface area contributed by atoms with Crippen LogP contribution in [0.25, 0.3) is 0 Å². The van der Waals surface area contributed by atoms with Crippen LogP contribution in [-0.4, -0.2) is 19.8 Å². The van der Waals surface area contributed by atoms with Crippen LogP contribution >= 0.6 is 0 Å². The van der Waals surface area contributed by atoms with E-state index in [1.165, 1.54) is 18.7 Å². The summed E-state index contributed by atoms with van der Waals surface area (Å²) in [7, 11) is 1.36. The van der Waals surface area contributed by atoms with Crippen molar-refractivity contribution in [3.05, 3.63) is 58.7 Å². The molecule has 0 aliphatic heterocycles. The first-order chi connectivity index (χ1) is 12.4. The van der Waals surface area contributed by atoms with Gasteiger partial charge in [-0.15, -0.1) is 0 Å². The van der Waals surface area contributed by atoms with Crippen LogP contribution in [0, 0.1) is 13.8 Å². The maximum atomic E-state index is 12.3. The molecule has 0 saturated heterocycles. The van der Waals surface area contributed by atoms with E-state index in [0.717, 1.165) is 11.1 Å². The molecule has 0 unspecified atom stereocenters. The van der Waals surface area contributed by atoms with Gasteiger partial charge in [0.25, 0.3) is 0 Å². The average molecular weight is 364 g/mol. The van der Waals surface area contributed by atoms with Gasteiger partial charge in [-0.1, -0.05) is 29.8 Å². The van der Waals surface area contributed by atoms with Crippen molar-refractivity contribution in [2.45, 2.75) is 33.5 Å². The summed E-state index contributed by atoms with van der Waals surface area (Å²) in [5.41, 5.74) is 4.03. The zero-order chi connectivity index (χ0) is 19.1. The van der Waals surface area contributed by atoms with Crippen molar-refractivity contribution in [2.24, 2.45) is 0 Å². The van der Waals surface area contributed by atoms with Crippen molar-refractivity contribution in [1.82, 2.24) is 10.6 Å². The summed E-state index contributed by atoms with van der Waals surface area (Å²) in [5.74, 6) is 0.130. The van der Waals surface area contributed by atoms with Gasteiger partial charge in [0.1, 0.15) is 0 Å². The minimum Gasteiger partial charge on any atom is -0.493 e. The molecule has 5 nitrogen and oxygen atoms in total. The number of methoxy groups -OCH3 is 1. The maximum absolute atomic E-state index is 12.3. The van der Waals surface area contributed by atoms with Gasteiger partial charge in [-0.3, -0.25) is 0 Å². The molecule has 0 radical (unpaired) electrons. The van der Waals surface area contributed by atoms with E-state index in [1.54, 1.807) is 12.1 Å². The van der Waals surface area contributed by atoms with Crippen LogP contribution in [0.2, 0.25) is 0 Å². The molecule has 2 amide bonds. The third-order valence-corrected chi connectivity index (χ3v) is 3.83. The summed E-state index contributed by atoms with van der Waals surface area (Å²) >= 11 is 0. The summed E-state index contributed by atoms with van der Waals surface area (Å²) < 4.78 is 34.0. The van der Waals surface area contributed by atoms with E-state index in [1.807, 2.05) is 26.0 Å². The lowest BCUT2D eigenvalue weighted by Crippen LogP contribution is -2.34. The fraction of sp³-hybridized carbons (Fsp3) is 0.316. The Kier molecular flexibility index (Phi) is 6.77. The third-order valence-electron chi connectivity index (χ3n) is 3.83. The van der Waals surface area contributed by atoms with Crippen LogP contribution in [0.4, 0.5) is 13.6 Å². The molecule has 2 N–H and O–H groups in total. The van der Waals surface area contributed by atoms with Crippen molar-refractivity contribution in [1.29, 1.82) is 0 Å². The standard InChI is InChI=1S/C19H22F2N2O3/c1-12-4-6-15(13(2)8-12)11-23-19(24)22-10-14-5-7-16(26-18(20)21)17(9-14)25-3/h4-9,18H,10-11H2,1-3H3,(H2,22,23,24). The van der Waals surface area contributed by atoms with Gasteiger partial charge in [-0.2, -0.15) is 8.78 Å². The van der Waals surface area contributed by atoms with Crippen molar-refractivity contribution in [3.63, 3.8) is 0 Å². The number of hydrogen-bond acceptors (Lipinski definition) is 3. The summed E-state index contributed by atoms with van der Waals surface area (Å²) in [4.78, 5) is 12.0. The number of alkyl halides is 2. The number of benzene rings is 2.